The molecule has 0 atom stereocenters. The van der Waals surface area contributed by atoms with Crippen LogP contribution in [0.15, 0.2) is 36.8 Å². The van der Waals surface area contributed by atoms with Crippen LogP contribution < -0.4 is 5.32 Å². The lowest BCUT2D eigenvalue weighted by molar-refractivity contribution is -0.140. The van der Waals surface area contributed by atoms with Crippen LogP contribution in [0, 0.1) is 11.7 Å². The molecule has 2 amide bonds. The first-order valence-corrected chi connectivity index (χ1v) is 7.48. The number of anilines is 1. The van der Waals surface area contributed by atoms with Gasteiger partial charge in [0.15, 0.2) is 0 Å². The Bertz CT molecular complexity index is 836. The third kappa shape index (κ3) is 3.63. The van der Waals surface area contributed by atoms with Crippen molar-refractivity contribution in [2.75, 3.05) is 18.4 Å². The van der Waals surface area contributed by atoms with Crippen LogP contribution >= 0.6 is 0 Å². The summed E-state index contributed by atoms with van der Waals surface area (Å²) in [5.41, 5.74) is -1.48. The standard InChI is InChI=1S/C16H12F4N4O2/c17-12-2-1-10(5-11(12)16(18,19)20)23-14(25)9-7-24(8-9)15(26)13-6-21-3-4-22-13/h1-6,9H,7-8H2,(H,23,25). The van der Waals surface area contributed by atoms with Crippen molar-refractivity contribution in [2.45, 2.75) is 6.18 Å². The highest BCUT2D eigenvalue weighted by Gasteiger charge is 2.37. The molecule has 26 heavy (non-hydrogen) atoms. The first kappa shape index (κ1) is 17.8. The van der Waals surface area contributed by atoms with Crippen LogP contribution in [0.25, 0.3) is 0 Å². The highest BCUT2D eigenvalue weighted by Crippen LogP contribution is 2.33. The van der Waals surface area contributed by atoms with E-state index in [1.807, 2.05) is 0 Å². The Morgan fingerprint density at radius 1 is 1.19 bits per heavy atom. The fraction of sp³-hybridized carbons (Fsp3) is 0.250. The second-order valence-electron chi connectivity index (χ2n) is 5.68. The quantitative estimate of drug-likeness (QED) is 0.844. The Hall–Kier alpha value is -3.04. The number of hydrogen-bond acceptors (Lipinski definition) is 4. The van der Waals surface area contributed by atoms with E-state index in [2.05, 4.69) is 15.3 Å². The van der Waals surface area contributed by atoms with Crippen molar-refractivity contribution < 1.29 is 27.2 Å². The number of amides is 2. The number of rotatable bonds is 3. The van der Waals surface area contributed by atoms with Gasteiger partial charge in [0.25, 0.3) is 5.91 Å². The minimum absolute atomic E-state index is 0.106. The van der Waals surface area contributed by atoms with Crippen molar-refractivity contribution in [2.24, 2.45) is 5.92 Å². The molecule has 0 unspecified atom stereocenters. The van der Waals surface area contributed by atoms with Crippen LogP contribution in [0.2, 0.25) is 0 Å². The summed E-state index contributed by atoms with van der Waals surface area (Å²) < 4.78 is 51.3. The molecule has 136 valence electrons. The fourth-order valence-electron chi connectivity index (χ4n) is 2.45. The summed E-state index contributed by atoms with van der Waals surface area (Å²) in [5.74, 6) is -2.92. The number of nitrogens with one attached hydrogen (secondary N) is 1. The zero-order chi connectivity index (χ0) is 18.9. The molecule has 1 N–H and O–H groups in total. The highest BCUT2D eigenvalue weighted by molar-refractivity contribution is 5.97. The summed E-state index contributed by atoms with van der Waals surface area (Å²) in [4.78, 5) is 33.2. The van der Waals surface area contributed by atoms with E-state index < -0.39 is 29.4 Å². The van der Waals surface area contributed by atoms with E-state index in [4.69, 9.17) is 0 Å². The van der Waals surface area contributed by atoms with Crippen molar-refractivity contribution in [3.05, 3.63) is 53.9 Å². The summed E-state index contributed by atoms with van der Waals surface area (Å²) in [6.07, 6.45) is -0.779. The monoisotopic (exact) mass is 368 g/mol. The third-order valence-electron chi connectivity index (χ3n) is 3.86. The average Bonchev–Trinajstić information content (AvgIpc) is 2.55. The maximum atomic E-state index is 13.3. The van der Waals surface area contributed by atoms with Gasteiger partial charge in [0.05, 0.1) is 17.7 Å². The Balaban J connectivity index is 1.60. The molecule has 1 saturated heterocycles. The van der Waals surface area contributed by atoms with E-state index in [9.17, 15) is 27.2 Å². The number of halogens is 4. The van der Waals surface area contributed by atoms with Crippen molar-refractivity contribution in [3.63, 3.8) is 0 Å². The number of benzene rings is 1. The number of aromatic nitrogens is 2. The molecule has 1 aromatic carbocycles. The normalized spacial score (nSPS) is 14.7. The van der Waals surface area contributed by atoms with Crippen LogP contribution in [-0.4, -0.2) is 39.8 Å². The van der Waals surface area contributed by atoms with E-state index in [-0.39, 0.29) is 30.4 Å². The molecule has 1 aliphatic rings. The lowest BCUT2D eigenvalue weighted by Crippen LogP contribution is -2.54. The SMILES string of the molecule is O=C(Nc1ccc(F)c(C(F)(F)F)c1)C1CN(C(=O)c2cnccn2)C1. The van der Waals surface area contributed by atoms with Gasteiger partial charge < -0.3 is 10.2 Å². The van der Waals surface area contributed by atoms with Crippen LogP contribution in [0.3, 0.4) is 0 Å². The van der Waals surface area contributed by atoms with E-state index in [0.29, 0.717) is 12.1 Å². The van der Waals surface area contributed by atoms with Gasteiger partial charge in [-0.05, 0) is 18.2 Å². The molecule has 6 nitrogen and oxygen atoms in total. The van der Waals surface area contributed by atoms with Gasteiger partial charge in [0.1, 0.15) is 11.5 Å². The molecule has 2 heterocycles. The molecule has 1 fully saturated rings. The molecule has 0 saturated carbocycles. The second kappa shape index (κ2) is 6.70. The molecular formula is C16H12F4N4O2. The number of alkyl halides is 3. The van der Waals surface area contributed by atoms with Gasteiger partial charge in [-0.2, -0.15) is 13.2 Å². The molecule has 3 rings (SSSR count). The van der Waals surface area contributed by atoms with Crippen LogP contribution in [-0.2, 0) is 11.0 Å². The van der Waals surface area contributed by atoms with E-state index in [1.165, 1.54) is 23.5 Å². The lowest BCUT2D eigenvalue weighted by atomic mass is 9.98. The zero-order valence-corrected chi connectivity index (χ0v) is 13.1. The van der Waals surface area contributed by atoms with E-state index >= 15 is 0 Å². The van der Waals surface area contributed by atoms with Crippen molar-refractivity contribution in [1.82, 2.24) is 14.9 Å². The third-order valence-corrected chi connectivity index (χ3v) is 3.86. The predicted molar refractivity (Wildman–Crippen MR) is 81.5 cm³/mol. The van der Waals surface area contributed by atoms with Gasteiger partial charge in [0, 0.05) is 31.2 Å². The van der Waals surface area contributed by atoms with Crippen molar-refractivity contribution in [3.8, 4) is 0 Å². The molecule has 1 aliphatic heterocycles. The smallest absolute Gasteiger partial charge is 0.336 e. The maximum Gasteiger partial charge on any atom is 0.419 e. The molecule has 0 spiro atoms. The minimum Gasteiger partial charge on any atom is -0.336 e. The minimum atomic E-state index is -4.86. The topological polar surface area (TPSA) is 75.2 Å². The van der Waals surface area contributed by atoms with Crippen molar-refractivity contribution >= 4 is 17.5 Å². The Morgan fingerprint density at radius 3 is 2.54 bits per heavy atom. The number of carbonyl (C=O) groups excluding carboxylic acids is 2. The number of nitrogens with zero attached hydrogens (tertiary/aromatic N) is 3. The maximum absolute atomic E-state index is 13.3. The molecule has 2 aromatic rings. The van der Waals surface area contributed by atoms with Crippen LogP contribution in [0.1, 0.15) is 16.1 Å². The molecule has 0 radical (unpaired) electrons. The first-order valence-electron chi connectivity index (χ1n) is 7.48. The fourth-order valence-corrected chi connectivity index (χ4v) is 2.45. The van der Waals surface area contributed by atoms with Gasteiger partial charge in [-0.3, -0.25) is 14.6 Å². The summed E-state index contributed by atoms with van der Waals surface area (Å²) in [7, 11) is 0. The second-order valence-corrected chi connectivity index (χ2v) is 5.68. The Kier molecular flexibility index (Phi) is 4.58. The number of carbonyl (C=O) groups is 2. The van der Waals surface area contributed by atoms with Gasteiger partial charge in [-0.15, -0.1) is 0 Å². The number of likely N-dealkylation sites (tertiary alicyclic amines) is 1. The highest BCUT2D eigenvalue weighted by atomic mass is 19.4. The lowest BCUT2D eigenvalue weighted by Gasteiger charge is -2.37. The molecule has 0 bridgehead atoms. The van der Waals surface area contributed by atoms with Crippen LogP contribution in [0.5, 0.6) is 0 Å². The molecule has 1 aromatic heterocycles. The van der Waals surface area contributed by atoms with E-state index in [1.54, 1.807) is 0 Å². The largest absolute Gasteiger partial charge is 0.419 e. The molecular weight excluding hydrogens is 356 g/mol. The Morgan fingerprint density at radius 2 is 1.92 bits per heavy atom. The van der Waals surface area contributed by atoms with Crippen molar-refractivity contribution in [1.29, 1.82) is 0 Å². The Labute approximate surface area is 144 Å². The predicted octanol–water partition coefficient (Wildman–Crippen LogP) is 2.35. The molecule has 10 heteroatoms. The summed E-state index contributed by atoms with van der Waals surface area (Å²) >= 11 is 0. The summed E-state index contributed by atoms with van der Waals surface area (Å²) in [6, 6.07) is 2.22. The van der Waals surface area contributed by atoms with Gasteiger partial charge >= 0.3 is 6.18 Å². The first-order chi connectivity index (χ1) is 12.3. The van der Waals surface area contributed by atoms with E-state index in [0.717, 1.165) is 6.07 Å². The average molecular weight is 368 g/mol. The summed E-state index contributed by atoms with van der Waals surface area (Å²) in [5, 5.41) is 2.31. The van der Waals surface area contributed by atoms with Gasteiger partial charge in [-0.25, -0.2) is 9.37 Å². The molecule has 0 aliphatic carbocycles. The summed E-state index contributed by atoms with van der Waals surface area (Å²) in [6.45, 7) is 0.211. The van der Waals surface area contributed by atoms with Crippen LogP contribution in [0.4, 0.5) is 23.2 Å². The van der Waals surface area contributed by atoms with Gasteiger partial charge in [-0.1, -0.05) is 0 Å². The van der Waals surface area contributed by atoms with Gasteiger partial charge in [0.2, 0.25) is 5.91 Å². The zero-order valence-electron chi connectivity index (χ0n) is 13.1. The number of hydrogen-bond donors (Lipinski definition) is 1.